The molecule has 0 aromatic heterocycles. The molecule has 0 saturated heterocycles. The van der Waals surface area contributed by atoms with Gasteiger partial charge in [0.05, 0.1) is 4.92 Å². The molecule has 5 nitrogen and oxygen atoms in total. The van der Waals surface area contributed by atoms with E-state index < -0.39 is 0 Å². The maximum absolute atomic E-state index is 10.7. The molecule has 3 N–H and O–H groups in total. The molecule has 0 radical (unpaired) electrons. The maximum Gasteiger partial charge on any atom is 0.274 e. The van der Waals surface area contributed by atoms with E-state index >= 15 is 0 Å². The number of anilines is 1. The van der Waals surface area contributed by atoms with E-state index in [-0.39, 0.29) is 22.7 Å². The second kappa shape index (κ2) is 3.51. The molecule has 2 rings (SSSR count). The van der Waals surface area contributed by atoms with Gasteiger partial charge in [-0.05, 0) is 19.4 Å². The summed E-state index contributed by atoms with van der Waals surface area (Å²) >= 11 is 0. The van der Waals surface area contributed by atoms with Crippen LogP contribution in [0, 0.1) is 17.0 Å². The Morgan fingerprint density at radius 3 is 2.80 bits per heavy atom. The largest absolute Gasteiger partial charge is 0.380 e. The highest BCUT2D eigenvalue weighted by molar-refractivity contribution is 5.60. The molecule has 0 heterocycles. The third-order valence-corrected chi connectivity index (χ3v) is 2.68. The minimum absolute atomic E-state index is 0.147. The van der Waals surface area contributed by atoms with E-state index in [2.05, 4.69) is 5.32 Å². The maximum atomic E-state index is 10.7. The third-order valence-electron chi connectivity index (χ3n) is 2.68. The molecule has 0 bridgehead atoms. The first-order valence-electron chi connectivity index (χ1n) is 4.85. The smallest absolute Gasteiger partial charge is 0.274 e. The fraction of sp³-hybridized carbons (Fsp3) is 0.400. The Morgan fingerprint density at radius 1 is 1.60 bits per heavy atom. The fourth-order valence-electron chi connectivity index (χ4n) is 1.56. The van der Waals surface area contributed by atoms with Gasteiger partial charge in [-0.3, -0.25) is 10.1 Å². The summed E-state index contributed by atoms with van der Waals surface area (Å²) in [5.74, 6) is 0. The van der Waals surface area contributed by atoms with Gasteiger partial charge in [0.2, 0.25) is 0 Å². The van der Waals surface area contributed by atoms with Crippen molar-refractivity contribution in [3.05, 3.63) is 33.9 Å². The zero-order valence-electron chi connectivity index (χ0n) is 8.43. The van der Waals surface area contributed by atoms with Gasteiger partial charge in [0.25, 0.3) is 5.69 Å². The number of nitro benzene ring substituents is 1. The number of rotatable bonds is 3. The van der Waals surface area contributed by atoms with Crippen molar-refractivity contribution < 1.29 is 4.92 Å². The van der Waals surface area contributed by atoms with Crippen molar-refractivity contribution in [1.82, 2.24) is 0 Å². The molecule has 15 heavy (non-hydrogen) atoms. The van der Waals surface area contributed by atoms with E-state index in [1.807, 2.05) is 6.07 Å². The monoisotopic (exact) mass is 207 g/mol. The zero-order chi connectivity index (χ0) is 11.0. The molecule has 80 valence electrons. The van der Waals surface area contributed by atoms with E-state index in [1.54, 1.807) is 13.0 Å². The summed E-state index contributed by atoms with van der Waals surface area (Å²) in [5.41, 5.74) is 7.29. The molecule has 1 aromatic rings. The van der Waals surface area contributed by atoms with Crippen LogP contribution in [0.1, 0.15) is 12.0 Å². The zero-order valence-corrected chi connectivity index (χ0v) is 8.43. The number of hydrogen-bond acceptors (Lipinski definition) is 4. The van der Waals surface area contributed by atoms with Crippen LogP contribution >= 0.6 is 0 Å². The van der Waals surface area contributed by atoms with Crippen LogP contribution in [0.2, 0.25) is 0 Å². The van der Waals surface area contributed by atoms with E-state index in [0.29, 0.717) is 5.56 Å². The molecular weight excluding hydrogens is 194 g/mol. The highest BCUT2D eigenvalue weighted by Crippen LogP contribution is 2.29. The second-order valence-corrected chi connectivity index (χ2v) is 3.86. The molecule has 0 spiro atoms. The van der Waals surface area contributed by atoms with Crippen molar-refractivity contribution in [3.63, 3.8) is 0 Å². The van der Waals surface area contributed by atoms with Crippen LogP contribution in [0.3, 0.4) is 0 Å². The Labute approximate surface area is 87.4 Å². The predicted octanol–water partition coefficient (Wildman–Crippen LogP) is 1.41. The molecule has 1 fully saturated rings. The fourth-order valence-corrected chi connectivity index (χ4v) is 1.56. The number of nitrogens with zero attached hydrogens (tertiary/aromatic N) is 1. The van der Waals surface area contributed by atoms with Gasteiger partial charge in [0.15, 0.2) is 0 Å². The summed E-state index contributed by atoms with van der Waals surface area (Å²) in [4.78, 5) is 10.3. The van der Waals surface area contributed by atoms with E-state index in [0.717, 1.165) is 12.1 Å². The average Bonchev–Trinajstić information content (AvgIpc) is 2.85. The van der Waals surface area contributed by atoms with Crippen molar-refractivity contribution in [2.45, 2.75) is 25.4 Å². The summed E-state index contributed by atoms with van der Waals surface area (Å²) in [6, 6.07) is 5.48. The molecule has 0 aliphatic heterocycles. The first kappa shape index (κ1) is 9.92. The van der Waals surface area contributed by atoms with Crippen LogP contribution < -0.4 is 11.1 Å². The lowest BCUT2D eigenvalue weighted by Crippen LogP contribution is -2.14. The van der Waals surface area contributed by atoms with Gasteiger partial charge in [-0.15, -0.1) is 0 Å². The minimum Gasteiger partial charge on any atom is -0.380 e. The Hall–Kier alpha value is -1.62. The SMILES string of the molecule is Cc1c(NC2CC2N)cccc1[N+](=O)[O-]. The number of nitrogens with two attached hydrogens (primary N) is 1. The van der Waals surface area contributed by atoms with Crippen molar-refractivity contribution in [2.75, 3.05) is 5.32 Å². The summed E-state index contributed by atoms with van der Waals surface area (Å²) < 4.78 is 0. The molecule has 1 aromatic carbocycles. The minimum atomic E-state index is -0.368. The lowest BCUT2D eigenvalue weighted by Gasteiger charge is -2.08. The first-order chi connectivity index (χ1) is 7.09. The van der Waals surface area contributed by atoms with Crippen LogP contribution in [0.4, 0.5) is 11.4 Å². The molecule has 1 saturated carbocycles. The van der Waals surface area contributed by atoms with Crippen LogP contribution in [0.25, 0.3) is 0 Å². The van der Waals surface area contributed by atoms with Crippen LogP contribution in [-0.2, 0) is 0 Å². The predicted molar refractivity (Wildman–Crippen MR) is 57.8 cm³/mol. The first-order valence-corrected chi connectivity index (χ1v) is 4.85. The van der Waals surface area contributed by atoms with Gasteiger partial charge in [-0.2, -0.15) is 0 Å². The Balaban J connectivity index is 2.23. The van der Waals surface area contributed by atoms with Crippen molar-refractivity contribution in [2.24, 2.45) is 5.73 Å². The molecule has 5 heteroatoms. The van der Waals surface area contributed by atoms with Crippen LogP contribution in [0.15, 0.2) is 18.2 Å². The number of hydrogen-bond donors (Lipinski definition) is 2. The molecule has 2 unspecified atom stereocenters. The summed E-state index contributed by atoms with van der Waals surface area (Å²) in [7, 11) is 0. The van der Waals surface area contributed by atoms with E-state index in [1.165, 1.54) is 6.07 Å². The summed E-state index contributed by atoms with van der Waals surface area (Å²) in [6.07, 6.45) is 0.933. The van der Waals surface area contributed by atoms with Crippen LogP contribution in [-0.4, -0.2) is 17.0 Å². The normalized spacial score (nSPS) is 23.6. The lowest BCUT2D eigenvalue weighted by molar-refractivity contribution is -0.385. The number of benzene rings is 1. The molecule has 1 aliphatic carbocycles. The Bertz CT molecular complexity index is 406. The quantitative estimate of drug-likeness (QED) is 0.580. The van der Waals surface area contributed by atoms with Gasteiger partial charge in [0.1, 0.15) is 0 Å². The van der Waals surface area contributed by atoms with Crippen molar-refractivity contribution >= 4 is 11.4 Å². The highest BCUT2D eigenvalue weighted by atomic mass is 16.6. The highest BCUT2D eigenvalue weighted by Gasteiger charge is 2.33. The number of nitro groups is 1. The van der Waals surface area contributed by atoms with Gasteiger partial charge >= 0.3 is 0 Å². The molecule has 0 amide bonds. The molecule has 1 aliphatic rings. The topological polar surface area (TPSA) is 81.2 Å². The van der Waals surface area contributed by atoms with Crippen molar-refractivity contribution in [1.29, 1.82) is 0 Å². The lowest BCUT2D eigenvalue weighted by atomic mass is 10.1. The summed E-state index contributed by atoms with van der Waals surface area (Å²) in [6.45, 7) is 1.74. The van der Waals surface area contributed by atoms with Gasteiger partial charge in [-0.25, -0.2) is 0 Å². The average molecular weight is 207 g/mol. The third kappa shape index (κ3) is 1.92. The molecule has 2 atom stereocenters. The number of nitrogens with one attached hydrogen (secondary N) is 1. The summed E-state index contributed by atoms with van der Waals surface area (Å²) in [5, 5.41) is 13.9. The Kier molecular flexibility index (Phi) is 2.32. The van der Waals surface area contributed by atoms with E-state index in [9.17, 15) is 10.1 Å². The van der Waals surface area contributed by atoms with Crippen LogP contribution in [0.5, 0.6) is 0 Å². The second-order valence-electron chi connectivity index (χ2n) is 3.86. The van der Waals surface area contributed by atoms with Crippen molar-refractivity contribution in [3.8, 4) is 0 Å². The standard InChI is InChI=1S/C10H13N3O2/c1-6-8(12-9-5-7(9)11)3-2-4-10(6)13(14)15/h2-4,7,9,12H,5,11H2,1H3. The molecular formula is C10H13N3O2. The van der Waals surface area contributed by atoms with Gasteiger partial charge in [-0.1, -0.05) is 6.07 Å². The van der Waals surface area contributed by atoms with Gasteiger partial charge < -0.3 is 11.1 Å². The van der Waals surface area contributed by atoms with E-state index in [4.69, 9.17) is 5.73 Å². The van der Waals surface area contributed by atoms with Gasteiger partial charge in [0, 0.05) is 29.4 Å². The Morgan fingerprint density at radius 2 is 2.27 bits per heavy atom.